The van der Waals surface area contributed by atoms with Gasteiger partial charge >= 0.3 is 35.0 Å². The van der Waals surface area contributed by atoms with Gasteiger partial charge < -0.3 is 24.2 Å². The molecule has 9 nitrogen and oxygen atoms in total. The Morgan fingerprint density at radius 2 is 1.56 bits per heavy atom. The zero-order chi connectivity index (χ0) is 25.2. The number of rotatable bonds is 9. The van der Waals surface area contributed by atoms with E-state index >= 15 is 0 Å². The van der Waals surface area contributed by atoms with Gasteiger partial charge in [-0.15, -0.1) is 0 Å². The number of piperazine rings is 1. The molecule has 0 saturated carbocycles. The van der Waals surface area contributed by atoms with Crippen LogP contribution in [-0.2, 0) is 29.2 Å². The summed E-state index contributed by atoms with van der Waals surface area (Å²) in [7, 11) is -6.96. The van der Waals surface area contributed by atoms with Gasteiger partial charge in [0.1, 0.15) is 0 Å². The minimum absolute atomic E-state index is 0.0604. The Hall–Kier alpha value is -2.05. The molecule has 1 N–H and O–H groups in total. The molecule has 0 aromatic rings. The first-order valence-corrected chi connectivity index (χ1v) is 9.70. The van der Waals surface area contributed by atoms with Crippen molar-refractivity contribution in [3.8, 4) is 0 Å². The van der Waals surface area contributed by atoms with E-state index in [0.29, 0.717) is 4.90 Å². The number of halogens is 8. The van der Waals surface area contributed by atoms with Crippen molar-refractivity contribution in [1.82, 2.24) is 10.2 Å². The first-order chi connectivity index (χ1) is 14.3. The maximum Gasteiger partial charge on any atom is 0.466 e. The third-order valence-electron chi connectivity index (χ3n) is 3.98. The highest BCUT2D eigenvalue weighted by Crippen LogP contribution is 2.42. The molecule has 18 heteroatoms. The SMILES string of the molecule is C=C(F)C(=O)OC(OCCC(F)(F)C(F)(F)S(=O)(=O)[O-])(C(=O)N1CCNCC1)C(F)(F)F. The predicted molar refractivity (Wildman–Crippen MR) is 84.7 cm³/mol. The third-order valence-corrected chi connectivity index (χ3v) is 4.90. The maximum atomic E-state index is 13.7. The number of carbonyl (C=O) groups is 2. The highest BCUT2D eigenvalue weighted by molar-refractivity contribution is 7.86. The number of nitrogens with zero attached hydrogens (tertiary/aromatic N) is 1. The Labute approximate surface area is 175 Å². The van der Waals surface area contributed by atoms with Gasteiger partial charge in [-0.3, -0.25) is 4.79 Å². The molecule has 1 unspecified atom stereocenters. The van der Waals surface area contributed by atoms with Crippen molar-refractivity contribution in [3.05, 3.63) is 12.4 Å². The molecule has 0 bridgehead atoms. The van der Waals surface area contributed by atoms with Gasteiger partial charge in [0.2, 0.25) is 5.83 Å². The van der Waals surface area contributed by atoms with Crippen LogP contribution in [0.25, 0.3) is 0 Å². The van der Waals surface area contributed by atoms with Gasteiger partial charge in [-0.25, -0.2) is 13.2 Å². The van der Waals surface area contributed by atoms with Crippen LogP contribution >= 0.6 is 0 Å². The van der Waals surface area contributed by atoms with Crippen molar-refractivity contribution < 1.29 is 67.2 Å². The normalized spacial score (nSPS) is 18.1. The number of nitrogens with one attached hydrogen (secondary N) is 1. The van der Waals surface area contributed by atoms with Crippen LogP contribution in [0.15, 0.2) is 12.4 Å². The molecule has 1 rings (SSSR count). The highest BCUT2D eigenvalue weighted by atomic mass is 32.2. The topological polar surface area (TPSA) is 125 Å². The largest absolute Gasteiger partial charge is 0.743 e. The van der Waals surface area contributed by atoms with Crippen molar-refractivity contribution in [2.24, 2.45) is 0 Å². The molecule has 186 valence electrons. The molecule has 1 saturated heterocycles. The molecule has 1 atom stereocenters. The molecule has 0 aromatic carbocycles. The van der Waals surface area contributed by atoms with Crippen LogP contribution in [0.2, 0.25) is 0 Å². The highest BCUT2D eigenvalue weighted by Gasteiger charge is 2.68. The molecule has 0 radical (unpaired) electrons. The standard InChI is InChI=1S/C14H16F8N2O7S/c1-8(15)9(25)31-12(13(18,19)20,10(26)24-5-3-23-4-6-24)30-7-2-11(16,17)14(21,22)32(27,28)29/h23H,1-7H2,(H,27,28,29)/p-1. The van der Waals surface area contributed by atoms with E-state index in [9.17, 15) is 57.7 Å². The summed E-state index contributed by atoms with van der Waals surface area (Å²) in [5.41, 5.74) is 0. The Morgan fingerprint density at radius 3 is 1.97 bits per heavy atom. The van der Waals surface area contributed by atoms with Gasteiger partial charge in [-0.2, -0.15) is 35.1 Å². The summed E-state index contributed by atoms with van der Waals surface area (Å²) in [6, 6.07) is 0. The summed E-state index contributed by atoms with van der Waals surface area (Å²) < 4.78 is 146. The molecule has 1 amide bonds. The third kappa shape index (κ3) is 5.65. The molecule has 1 aliphatic heterocycles. The minimum atomic E-state index is -6.96. The Kier molecular flexibility index (Phi) is 8.25. The van der Waals surface area contributed by atoms with Crippen LogP contribution < -0.4 is 5.32 Å². The number of amides is 1. The Bertz CT molecular complexity index is 843. The van der Waals surface area contributed by atoms with E-state index in [-0.39, 0.29) is 13.1 Å². The van der Waals surface area contributed by atoms with Crippen molar-refractivity contribution in [3.63, 3.8) is 0 Å². The van der Waals surface area contributed by atoms with E-state index in [0.717, 1.165) is 0 Å². The van der Waals surface area contributed by atoms with Crippen LogP contribution in [0.3, 0.4) is 0 Å². The lowest BCUT2D eigenvalue weighted by Crippen LogP contribution is -2.64. The quantitative estimate of drug-likeness (QED) is 0.160. The molecule has 1 heterocycles. The second kappa shape index (κ2) is 9.44. The molecule has 0 aliphatic carbocycles. The van der Waals surface area contributed by atoms with E-state index in [1.807, 2.05) is 0 Å². The summed E-state index contributed by atoms with van der Waals surface area (Å²) in [6.07, 6.45) is -8.59. The van der Waals surface area contributed by atoms with Crippen LogP contribution in [0.5, 0.6) is 0 Å². The summed E-state index contributed by atoms with van der Waals surface area (Å²) in [5.74, 6) is -17.4. The number of ether oxygens (including phenoxy) is 2. The molecular weight excluding hydrogens is 492 g/mol. The van der Waals surface area contributed by atoms with Crippen molar-refractivity contribution >= 4 is 22.0 Å². The molecule has 0 spiro atoms. The maximum absolute atomic E-state index is 13.7. The van der Waals surface area contributed by atoms with Crippen molar-refractivity contribution in [2.45, 2.75) is 29.6 Å². The fourth-order valence-electron chi connectivity index (χ4n) is 2.31. The zero-order valence-electron chi connectivity index (χ0n) is 15.7. The van der Waals surface area contributed by atoms with Crippen LogP contribution in [0, 0.1) is 0 Å². The number of hydrogen-bond donors (Lipinski definition) is 1. The van der Waals surface area contributed by atoms with E-state index < -0.39 is 77.1 Å². The monoisotopic (exact) mass is 507 g/mol. The van der Waals surface area contributed by atoms with Gasteiger partial charge in [0.25, 0.3) is 0 Å². The number of alkyl halides is 7. The van der Waals surface area contributed by atoms with Crippen LogP contribution in [-0.4, -0.2) is 85.7 Å². The average Bonchev–Trinajstić information content (AvgIpc) is 2.64. The fraction of sp³-hybridized carbons (Fsp3) is 0.714. The fourth-order valence-corrected chi connectivity index (χ4v) is 2.78. The van der Waals surface area contributed by atoms with E-state index in [2.05, 4.69) is 21.4 Å². The summed E-state index contributed by atoms with van der Waals surface area (Å²) in [5, 5.41) is -3.61. The molecular formula is C14H15F8N2O7S-. The number of carbonyl (C=O) groups excluding carboxylic acids is 2. The lowest BCUT2D eigenvalue weighted by Gasteiger charge is -2.38. The first kappa shape index (κ1) is 28.0. The first-order valence-electron chi connectivity index (χ1n) is 8.30. The molecule has 0 aromatic heterocycles. The van der Waals surface area contributed by atoms with E-state index in [1.165, 1.54) is 0 Å². The second-order valence-corrected chi connectivity index (χ2v) is 7.65. The lowest BCUT2D eigenvalue weighted by atomic mass is 10.2. The summed E-state index contributed by atoms with van der Waals surface area (Å²) in [4.78, 5) is 24.3. The van der Waals surface area contributed by atoms with Crippen LogP contribution in [0.4, 0.5) is 35.1 Å². The number of esters is 1. The smallest absolute Gasteiger partial charge is 0.466 e. The summed E-state index contributed by atoms with van der Waals surface area (Å²) in [6.45, 7) is -0.815. The van der Waals surface area contributed by atoms with E-state index in [4.69, 9.17) is 0 Å². The van der Waals surface area contributed by atoms with E-state index in [1.54, 1.807) is 0 Å². The van der Waals surface area contributed by atoms with Gasteiger partial charge in [0.05, 0.1) is 6.61 Å². The van der Waals surface area contributed by atoms with Crippen molar-refractivity contribution in [2.75, 3.05) is 32.8 Å². The minimum Gasteiger partial charge on any atom is -0.743 e. The second-order valence-electron chi connectivity index (χ2n) is 6.22. The predicted octanol–water partition coefficient (Wildman–Crippen LogP) is 0.883. The van der Waals surface area contributed by atoms with Crippen molar-refractivity contribution in [1.29, 1.82) is 0 Å². The van der Waals surface area contributed by atoms with Crippen LogP contribution in [0.1, 0.15) is 6.42 Å². The molecule has 32 heavy (non-hydrogen) atoms. The van der Waals surface area contributed by atoms with Gasteiger partial charge in [-0.1, -0.05) is 6.58 Å². The Morgan fingerprint density at radius 1 is 1.06 bits per heavy atom. The van der Waals surface area contributed by atoms with Gasteiger partial charge in [0.15, 0.2) is 10.1 Å². The zero-order valence-corrected chi connectivity index (χ0v) is 16.5. The Balaban J connectivity index is 3.31. The van der Waals surface area contributed by atoms with Gasteiger partial charge in [0, 0.05) is 32.6 Å². The van der Waals surface area contributed by atoms with Gasteiger partial charge in [-0.05, 0) is 0 Å². The number of hydrogen-bond acceptors (Lipinski definition) is 8. The lowest BCUT2D eigenvalue weighted by molar-refractivity contribution is -0.353. The molecule has 1 aliphatic rings. The average molecular weight is 507 g/mol. The summed E-state index contributed by atoms with van der Waals surface area (Å²) >= 11 is 0. The molecule has 1 fully saturated rings.